The first kappa shape index (κ1) is 26.7. The van der Waals surface area contributed by atoms with Gasteiger partial charge in [0.1, 0.15) is 11.8 Å². The zero-order valence-electron chi connectivity index (χ0n) is 19.4. The second kappa shape index (κ2) is 13.2. The van der Waals surface area contributed by atoms with Gasteiger partial charge in [0.25, 0.3) is 0 Å². The van der Waals surface area contributed by atoms with Crippen LogP contribution in [0.1, 0.15) is 57.4 Å². The van der Waals surface area contributed by atoms with Crippen molar-refractivity contribution in [1.82, 2.24) is 10.2 Å². The number of nitrogens with one attached hydrogen (secondary N) is 1. The summed E-state index contributed by atoms with van der Waals surface area (Å²) in [6.07, 6.45) is 5.51. The molecule has 8 heteroatoms. The van der Waals surface area contributed by atoms with Crippen molar-refractivity contribution < 1.29 is 14.3 Å². The fraction of sp³-hybridized carbons (Fsp3) is 0.462. The molecule has 3 rings (SSSR count). The van der Waals surface area contributed by atoms with Gasteiger partial charge in [-0.25, -0.2) is 0 Å². The van der Waals surface area contributed by atoms with Gasteiger partial charge in [-0.05, 0) is 67.6 Å². The number of amides is 2. The lowest BCUT2D eigenvalue weighted by molar-refractivity contribution is -0.141. The summed E-state index contributed by atoms with van der Waals surface area (Å²) in [6, 6.07) is 11.9. The number of carbonyl (C=O) groups is 2. The van der Waals surface area contributed by atoms with Crippen LogP contribution in [0, 0.1) is 0 Å². The highest BCUT2D eigenvalue weighted by molar-refractivity contribution is 6.35. The summed E-state index contributed by atoms with van der Waals surface area (Å²) < 4.78 is 5.72. The van der Waals surface area contributed by atoms with Crippen molar-refractivity contribution in [3.63, 3.8) is 0 Å². The van der Waals surface area contributed by atoms with Crippen LogP contribution in [0.3, 0.4) is 0 Å². The molecular formula is C26H31Cl3N2O3. The Balaban J connectivity index is 1.67. The summed E-state index contributed by atoms with van der Waals surface area (Å²) in [6.45, 7) is 2.55. The van der Waals surface area contributed by atoms with Crippen molar-refractivity contribution in [2.24, 2.45) is 0 Å². The first-order valence-electron chi connectivity index (χ1n) is 11.8. The van der Waals surface area contributed by atoms with Gasteiger partial charge in [0.15, 0.2) is 0 Å². The van der Waals surface area contributed by atoms with E-state index in [9.17, 15) is 9.59 Å². The lowest BCUT2D eigenvalue weighted by Crippen LogP contribution is -2.51. The Hall–Kier alpha value is -1.95. The third kappa shape index (κ3) is 7.79. The van der Waals surface area contributed by atoms with E-state index < -0.39 is 6.04 Å². The number of halogens is 3. The van der Waals surface area contributed by atoms with Crippen LogP contribution in [-0.4, -0.2) is 35.4 Å². The number of hydrogen-bond acceptors (Lipinski definition) is 3. The predicted octanol–water partition coefficient (Wildman–Crippen LogP) is 6.67. The molecule has 0 heterocycles. The molecule has 1 fully saturated rings. The van der Waals surface area contributed by atoms with Gasteiger partial charge in [0, 0.05) is 34.1 Å². The van der Waals surface area contributed by atoms with E-state index in [-0.39, 0.29) is 30.8 Å². The standard InChI is InChI=1S/C26H31Cl3N2O3/c1-2-24(26(33)30-21-6-3-4-7-21)31(17-18-9-10-20(28)16-23(18)29)25(32)8-5-15-34-22-13-11-19(27)12-14-22/h9-14,16,21,24H,2-8,15,17H2,1H3,(H,30,33). The first-order valence-corrected chi connectivity index (χ1v) is 12.9. The zero-order valence-corrected chi connectivity index (χ0v) is 21.6. The molecular weight excluding hydrogens is 495 g/mol. The highest BCUT2D eigenvalue weighted by Crippen LogP contribution is 2.25. The topological polar surface area (TPSA) is 58.6 Å². The Morgan fingerprint density at radius 1 is 1.06 bits per heavy atom. The number of rotatable bonds is 11. The van der Waals surface area contributed by atoms with Gasteiger partial charge >= 0.3 is 0 Å². The number of carbonyl (C=O) groups excluding carboxylic acids is 2. The average Bonchev–Trinajstić information content (AvgIpc) is 3.32. The van der Waals surface area contributed by atoms with Crippen LogP contribution in [-0.2, 0) is 16.1 Å². The van der Waals surface area contributed by atoms with E-state index in [1.807, 2.05) is 6.92 Å². The van der Waals surface area contributed by atoms with Gasteiger partial charge in [-0.3, -0.25) is 9.59 Å². The maximum Gasteiger partial charge on any atom is 0.243 e. The molecule has 1 N–H and O–H groups in total. The minimum Gasteiger partial charge on any atom is -0.494 e. The van der Waals surface area contributed by atoms with E-state index in [4.69, 9.17) is 39.5 Å². The highest BCUT2D eigenvalue weighted by Gasteiger charge is 2.30. The fourth-order valence-electron chi connectivity index (χ4n) is 4.21. The molecule has 0 radical (unpaired) electrons. The summed E-state index contributed by atoms with van der Waals surface area (Å²) in [5.74, 6) is 0.480. The maximum absolute atomic E-state index is 13.3. The van der Waals surface area contributed by atoms with Crippen LogP contribution in [0.4, 0.5) is 0 Å². The molecule has 0 spiro atoms. The smallest absolute Gasteiger partial charge is 0.243 e. The Labute approximate surface area is 216 Å². The highest BCUT2D eigenvalue weighted by atomic mass is 35.5. The molecule has 1 aliphatic rings. The first-order chi connectivity index (χ1) is 16.4. The van der Waals surface area contributed by atoms with Gasteiger partial charge in [-0.1, -0.05) is 60.6 Å². The van der Waals surface area contributed by atoms with Gasteiger partial charge in [-0.2, -0.15) is 0 Å². The number of nitrogens with zero attached hydrogens (tertiary/aromatic N) is 1. The Morgan fingerprint density at radius 2 is 1.74 bits per heavy atom. The van der Waals surface area contributed by atoms with Crippen LogP contribution in [0.5, 0.6) is 5.75 Å². The number of ether oxygens (including phenoxy) is 1. The lowest BCUT2D eigenvalue weighted by Gasteiger charge is -2.32. The van der Waals surface area contributed by atoms with Gasteiger partial charge in [0.05, 0.1) is 6.61 Å². The van der Waals surface area contributed by atoms with Crippen molar-refractivity contribution in [1.29, 1.82) is 0 Å². The second-order valence-corrected chi connectivity index (χ2v) is 9.86. The molecule has 34 heavy (non-hydrogen) atoms. The second-order valence-electron chi connectivity index (χ2n) is 8.58. The Bertz CT molecular complexity index is 962. The molecule has 0 aliphatic heterocycles. The quantitative estimate of drug-likeness (QED) is 0.333. The van der Waals surface area contributed by atoms with Crippen molar-refractivity contribution in [2.45, 2.75) is 70.5 Å². The lowest BCUT2D eigenvalue weighted by atomic mass is 10.1. The van der Waals surface area contributed by atoms with Crippen molar-refractivity contribution in [2.75, 3.05) is 6.61 Å². The summed E-state index contributed by atoms with van der Waals surface area (Å²) in [5.41, 5.74) is 0.754. The molecule has 1 aliphatic carbocycles. The minimum absolute atomic E-state index is 0.106. The van der Waals surface area contributed by atoms with Crippen LogP contribution in [0.15, 0.2) is 42.5 Å². The third-order valence-corrected chi connectivity index (χ3v) is 6.90. The van der Waals surface area contributed by atoms with Crippen molar-refractivity contribution in [3.05, 3.63) is 63.1 Å². The average molecular weight is 526 g/mol. The maximum atomic E-state index is 13.3. The van der Waals surface area contributed by atoms with E-state index in [0.29, 0.717) is 40.3 Å². The molecule has 5 nitrogen and oxygen atoms in total. The predicted molar refractivity (Wildman–Crippen MR) is 138 cm³/mol. The SMILES string of the molecule is CCC(C(=O)NC1CCCC1)N(Cc1ccc(Cl)cc1Cl)C(=O)CCCOc1ccc(Cl)cc1. The summed E-state index contributed by atoms with van der Waals surface area (Å²) in [4.78, 5) is 28.1. The van der Waals surface area contributed by atoms with Crippen molar-refractivity contribution in [3.8, 4) is 5.75 Å². The molecule has 1 atom stereocenters. The largest absolute Gasteiger partial charge is 0.494 e. The molecule has 0 bridgehead atoms. The summed E-state index contributed by atoms with van der Waals surface area (Å²) in [7, 11) is 0. The van der Waals surface area contributed by atoms with Gasteiger partial charge in [-0.15, -0.1) is 0 Å². The normalized spacial score (nSPS) is 14.6. The zero-order chi connectivity index (χ0) is 24.5. The Kier molecular flexibility index (Phi) is 10.4. The van der Waals surface area contributed by atoms with E-state index in [1.54, 1.807) is 47.4 Å². The monoisotopic (exact) mass is 524 g/mol. The summed E-state index contributed by atoms with van der Waals surface area (Å²) >= 11 is 18.3. The van der Waals surface area contributed by atoms with Crippen LogP contribution >= 0.6 is 34.8 Å². The minimum atomic E-state index is -0.572. The van der Waals surface area contributed by atoms with E-state index >= 15 is 0 Å². The van der Waals surface area contributed by atoms with Crippen molar-refractivity contribution >= 4 is 46.6 Å². The molecule has 1 unspecified atom stereocenters. The molecule has 0 aromatic heterocycles. The van der Waals surface area contributed by atoms with E-state index in [0.717, 1.165) is 31.2 Å². The molecule has 2 aromatic rings. The van der Waals surface area contributed by atoms with Gasteiger partial charge < -0.3 is 15.0 Å². The number of hydrogen-bond donors (Lipinski definition) is 1. The molecule has 0 saturated heterocycles. The molecule has 184 valence electrons. The van der Waals surface area contributed by atoms with Crippen LogP contribution in [0.2, 0.25) is 15.1 Å². The van der Waals surface area contributed by atoms with Gasteiger partial charge in [0.2, 0.25) is 11.8 Å². The van der Waals surface area contributed by atoms with E-state index in [2.05, 4.69) is 5.32 Å². The summed E-state index contributed by atoms with van der Waals surface area (Å²) in [5, 5.41) is 4.78. The van der Waals surface area contributed by atoms with Crippen LogP contribution in [0.25, 0.3) is 0 Å². The fourth-order valence-corrected chi connectivity index (χ4v) is 4.80. The third-order valence-electron chi connectivity index (χ3n) is 6.06. The number of benzene rings is 2. The van der Waals surface area contributed by atoms with E-state index in [1.165, 1.54) is 0 Å². The molecule has 1 saturated carbocycles. The van der Waals surface area contributed by atoms with Crippen LogP contribution < -0.4 is 10.1 Å². The molecule has 2 aromatic carbocycles. The Morgan fingerprint density at radius 3 is 2.38 bits per heavy atom. The molecule has 2 amide bonds.